The van der Waals surface area contributed by atoms with Crippen LogP contribution in [0.3, 0.4) is 0 Å². The lowest BCUT2D eigenvalue weighted by atomic mass is 9.40. The number of rotatable bonds is 5. The first-order valence-corrected chi connectivity index (χ1v) is 11.3. The molecule has 5 nitrogen and oxygen atoms in total. The van der Waals surface area contributed by atoms with Crippen molar-refractivity contribution in [2.75, 3.05) is 6.61 Å². The van der Waals surface area contributed by atoms with E-state index in [2.05, 4.69) is 20.4 Å². The van der Waals surface area contributed by atoms with Gasteiger partial charge in [0.15, 0.2) is 0 Å². The second-order valence-corrected chi connectivity index (χ2v) is 10.9. The molecule has 5 heteroatoms. The van der Waals surface area contributed by atoms with Crippen molar-refractivity contribution in [3.8, 4) is 0 Å². The molecule has 0 amide bonds. The number of aliphatic carboxylic acids is 1. The first kappa shape index (κ1) is 20.9. The molecule has 0 aliphatic heterocycles. The Morgan fingerprint density at radius 1 is 1.10 bits per heavy atom. The Bertz CT molecular complexity index is 716. The predicted octanol–water partition coefficient (Wildman–Crippen LogP) is 4.33. The van der Waals surface area contributed by atoms with Crippen molar-refractivity contribution < 1.29 is 24.5 Å². The largest absolute Gasteiger partial charge is 0.481 e. The van der Waals surface area contributed by atoms with E-state index in [1.54, 1.807) is 0 Å². The van der Waals surface area contributed by atoms with Crippen molar-refractivity contribution in [3.63, 3.8) is 0 Å². The lowest BCUT2D eigenvalue weighted by molar-refractivity contribution is -0.204. The monoisotopic (exact) mass is 404 g/mol. The van der Waals surface area contributed by atoms with Gasteiger partial charge in [0, 0.05) is 5.41 Å². The van der Waals surface area contributed by atoms with Gasteiger partial charge in [0.2, 0.25) is 0 Å². The molecule has 29 heavy (non-hydrogen) atoms. The molecule has 0 radical (unpaired) electrons. The molecule has 7 atom stereocenters. The molecule has 0 unspecified atom stereocenters. The topological polar surface area (TPSA) is 83.8 Å². The number of aliphatic hydroxyl groups is 1. The predicted molar refractivity (Wildman–Crippen MR) is 109 cm³/mol. The number of fused-ring (bicyclic) bond motifs is 3. The number of hydrogen-bond donors (Lipinski definition) is 2. The molecule has 0 heterocycles. The van der Waals surface area contributed by atoms with Crippen LogP contribution in [0.4, 0.5) is 0 Å². The summed E-state index contributed by atoms with van der Waals surface area (Å²) in [6.07, 6.45) is 8.17. The van der Waals surface area contributed by atoms with Crippen LogP contribution in [0.5, 0.6) is 0 Å². The molecule has 162 valence electrons. The zero-order chi connectivity index (χ0) is 21.0. The second-order valence-electron chi connectivity index (χ2n) is 10.9. The van der Waals surface area contributed by atoms with Gasteiger partial charge in [0.1, 0.15) is 0 Å². The van der Waals surface area contributed by atoms with E-state index in [-0.39, 0.29) is 24.9 Å². The third kappa shape index (κ3) is 3.24. The lowest BCUT2D eigenvalue weighted by Crippen LogP contribution is -2.61. The summed E-state index contributed by atoms with van der Waals surface area (Å²) in [5.41, 5.74) is 1.53. The van der Waals surface area contributed by atoms with E-state index in [0.717, 1.165) is 19.3 Å². The summed E-state index contributed by atoms with van der Waals surface area (Å²) in [5, 5.41) is 19.8. The van der Waals surface area contributed by atoms with Crippen molar-refractivity contribution in [2.45, 2.75) is 84.2 Å². The Kier molecular flexibility index (Phi) is 5.12. The Hall–Kier alpha value is -1.36. The highest BCUT2D eigenvalue weighted by Gasteiger charge is 2.65. The van der Waals surface area contributed by atoms with Crippen molar-refractivity contribution in [3.05, 3.63) is 12.2 Å². The number of hydrogen-bond acceptors (Lipinski definition) is 4. The fourth-order valence-corrected chi connectivity index (χ4v) is 8.10. The molecule has 0 aromatic heterocycles. The summed E-state index contributed by atoms with van der Waals surface area (Å²) in [6.45, 7) is 9.09. The summed E-state index contributed by atoms with van der Waals surface area (Å²) >= 11 is 0. The highest BCUT2D eigenvalue weighted by Crippen LogP contribution is 2.72. The fraction of sp³-hybridized carbons (Fsp3) is 0.833. The number of allylic oxidation sites excluding steroid dienone is 1. The van der Waals surface area contributed by atoms with Gasteiger partial charge in [-0.2, -0.15) is 0 Å². The maximum atomic E-state index is 12.1. The van der Waals surface area contributed by atoms with Crippen LogP contribution in [0.1, 0.15) is 78.1 Å². The maximum Gasteiger partial charge on any atom is 0.306 e. The van der Waals surface area contributed by atoms with E-state index in [1.165, 1.54) is 37.7 Å². The van der Waals surface area contributed by atoms with E-state index in [1.807, 2.05) is 0 Å². The fourth-order valence-electron chi connectivity index (χ4n) is 8.10. The van der Waals surface area contributed by atoms with Gasteiger partial charge in [-0.25, -0.2) is 0 Å². The molecule has 4 aliphatic carbocycles. The van der Waals surface area contributed by atoms with Gasteiger partial charge in [-0.15, -0.1) is 0 Å². The normalized spacial score (nSPS) is 46.0. The van der Waals surface area contributed by atoms with Crippen LogP contribution in [0.15, 0.2) is 12.2 Å². The third-order valence-corrected chi connectivity index (χ3v) is 9.48. The summed E-state index contributed by atoms with van der Waals surface area (Å²) in [4.78, 5) is 22.8. The van der Waals surface area contributed by atoms with Gasteiger partial charge in [-0.1, -0.05) is 26.0 Å². The number of carbonyl (C=O) groups excluding carboxylic acids is 1. The number of esters is 1. The number of carbonyl (C=O) groups is 2. The average Bonchev–Trinajstić information content (AvgIpc) is 2.90. The van der Waals surface area contributed by atoms with Gasteiger partial charge in [0.05, 0.1) is 25.6 Å². The van der Waals surface area contributed by atoms with Crippen LogP contribution in [-0.2, 0) is 14.3 Å². The molecular weight excluding hydrogens is 368 g/mol. The smallest absolute Gasteiger partial charge is 0.306 e. The van der Waals surface area contributed by atoms with Crippen LogP contribution in [0.25, 0.3) is 0 Å². The van der Waals surface area contributed by atoms with Gasteiger partial charge >= 0.3 is 11.9 Å². The number of aliphatic hydroxyl groups excluding tert-OH is 1. The maximum absolute atomic E-state index is 12.1. The summed E-state index contributed by atoms with van der Waals surface area (Å²) in [6, 6.07) is 0. The zero-order valence-corrected chi connectivity index (χ0v) is 17.9. The molecular formula is C24H36O5. The Labute approximate surface area is 173 Å². The summed E-state index contributed by atoms with van der Waals surface area (Å²) in [5.74, 6) is 0.200. The molecule has 0 saturated heterocycles. The van der Waals surface area contributed by atoms with E-state index < -0.39 is 23.5 Å². The van der Waals surface area contributed by atoms with Crippen molar-refractivity contribution >= 4 is 11.9 Å². The molecule has 0 aromatic rings. The Balaban J connectivity index is 1.54. The molecule has 4 fully saturated rings. The lowest BCUT2D eigenvalue weighted by Gasteiger charge is -2.65. The van der Waals surface area contributed by atoms with E-state index in [9.17, 15) is 14.7 Å². The van der Waals surface area contributed by atoms with Gasteiger partial charge in [0.25, 0.3) is 0 Å². The van der Waals surface area contributed by atoms with E-state index in [4.69, 9.17) is 9.84 Å². The molecule has 2 N–H and O–H groups in total. The molecule has 1 spiro atoms. The zero-order valence-electron chi connectivity index (χ0n) is 17.9. The minimum Gasteiger partial charge on any atom is -0.481 e. The molecule has 0 aromatic carbocycles. The van der Waals surface area contributed by atoms with Crippen LogP contribution >= 0.6 is 0 Å². The molecule has 4 aliphatic rings. The van der Waals surface area contributed by atoms with Gasteiger partial charge in [-0.05, 0) is 80.0 Å². The van der Waals surface area contributed by atoms with Crippen LogP contribution in [0.2, 0.25) is 0 Å². The van der Waals surface area contributed by atoms with Crippen molar-refractivity contribution in [1.82, 2.24) is 0 Å². The Morgan fingerprint density at radius 3 is 2.59 bits per heavy atom. The molecule has 4 saturated carbocycles. The number of carboxylic acids is 1. The van der Waals surface area contributed by atoms with Gasteiger partial charge < -0.3 is 14.9 Å². The summed E-state index contributed by atoms with van der Waals surface area (Å²) < 4.78 is 5.54. The third-order valence-electron chi connectivity index (χ3n) is 9.48. The minimum atomic E-state index is -0.996. The van der Waals surface area contributed by atoms with Crippen molar-refractivity contribution in [2.24, 2.45) is 34.0 Å². The standard InChI is InChI=1S/C24H36O5/c1-15-12-24-11-8-17-22(2,18(24)5-4-16(15)13-24)10-9-19(25)23(17,3)14-29-21(28)7-6-20(26)27/h16-19,25H,1,4-14H2,2-3H3,(H,26,27)/t16-,17-,18-,19+,22+,23-,24-/m1/s1. The Morgan fingerprint density at radius 2 is 1.86 bits per heavy atom. The molecule has 4 rings (SSSR count). The van der Waals surface area contributed by atoms with E-state index >= 15 is 0 Å². The second kappa shape index (κ2) is 7.11. The van der Waals surface area contributed by atoms with Crippen LogP contribution in [-0.4, -0.2) is 34.9 Å². The number of ether oxygens (including phenoxy) is 1. The number of carboxylic acid groups (broad SMARTS) is 1. The quantitative estimate of drug-likeness (QED) is 0.526. The van der Waals surface area contributed by atoms with Crippen LogP contribution < -0.4 is 0 Å². The first-order chi connectivity index (χ1) is 13.6. The SMILES string of the molecule is C=C1C[C@@]23CC[C@@H]4[C@](C)(CC[C@H](O)[C@]4(C)COC(=O)CCC(=O)O)[C@H]2CC[C@@H]1C3. The van der Waals surface area contributed by atoms with E-state index in [0.29, 0.717) is 23.2 Å². The van der Waals surface area contributed by atoms with Crippen molar-refractivity contribution in [1.29, 1.82) is 0 Å². The highest BCUT2D eigenvalue weighted by atomic mass is 16.5. The minimum absolute atomic E-state index is 0.112. The van der Waals surface area contributed by atoms with Gasteiger partial charge in [-0.3, -0.25) is 9.59 Å². The molecule has 2 bridgehead atoms. The highest BCUT2D eigenvalue weighted by molar-refractivity contribution is 5.76. The van der Waals surface area contributed by atoms with Crippen LogP contribution in [0, 0.1) is 34.0 Å². The summed E-state index contributed by atoms with van der Waals surface area (Å²) in [7, 11) is 0. The first-order valence-electron chi connectivity index (χ1n) is 11.3. The average molecular weight is 405 g/mol.